The molecule has 4 rings (SSSR count). The first-order chi connectivity index (χ1) is 15.2. The van der Waals surface area contributed by atoms with Crippen LogP contribution in [0.5, 0.6) is 0 Å². The summed E-state index contributed by atoms with van der Waals surface area (Å²) in [6, 6.07) is 6.24. The van der Waals surface area contributed by atoms with Crippen molar-refractivity contribution >= 4 is 53.4 Å². The van der Waals surface area contributed by atoms with Gasteiger partial charge < -0.3 is 19.8 Å². The molecular weight excluding hydrogens is 448 g/mol. The second kappa shape index (κ2) is 8.53. The predicted octanol–water partition coefficient (Wildman–Crippen LogP) is 4.31. The second-order valence-corrected chi connectivity index (χ2v) is 14.7. The lowest BCUT2D eigenvalue weighted by molar-refractivity contribution is 0.0600. The summed E-state index contributed by atoms with van der Waals surface area (Å²) in [5, 5.41) is 9.13. The van der Waals surface area contributed by atoms with Crippen molar-refractivity contribution in [1.82, 2.24) is 24.7 Å². The highest BCUT2D eigenvalue weighted by atomic mass is 35.5. The number of methoxy groups -OCH3 is 1. The van der Waals surface area contributed by atoms with Crippen LogP contribution >= 0.6 is 11.6 Å². The highest BCUT2D eigenvalue weighted by Crippen LogP contribution is 2.40. The van der Waals surface area contributed by atoms with Gasteiger partial charge in [-0.15, -0.1) is 0 Å². The average Bonchev–Trinajstić information content (AvgIpc) is 3.29. The molecule has 9 nitrogen and oxygen atoms in total. The Morgan fingerprint density at radius 3 is 2.78 bits per heavy atom. The van der Waals surface area contributed by atoms with E-state index in [2.05, 4.69) is 39.8 Å². The molecule has 1 aromatic carbocycles. The molecular formula is C21H25ClN6O3Si. The molecule has 0 spiro atoms. The van der Waals surface area contributed by atoms with E-state index in [1.165, 1.54) is 13.4 Å². The van der Waals surface area contributed by atoms with Crippen LogP contribution in [0.15, 0.2) is 24.5 Å². The van der Waals surface area contributed by atoms with E-state index in [1.807, 2.05) is 4.57 Å². The number of halogens is 1. The number of rotatable bonds is 7. The van der Waals surface area contributed by atoms with Crippen LogP contribution in [0.3, 0.4) is 0 Å². The van der Waals surface area contributed by atoms with Crippen LogP contribution < -0.4 is 5.73 Å². The number of nitrogens with two attached hydrogens (primary N) is 1. The monoisotopic (exact) mass is 472 g/mol. The fourth-order valence-corrected chi connectivity index (χ4v) is 4.61. The zero-order chi connectivity index (χ0) is 23.0. The third-order valence-corrected chi connectivity index (χ3v) is 7.34. The highest BCUT2D eigenvalue weighted by molar-refractivity contribution is 6.76. The van der Waals surface area contributed by atoms with Crippen LogP contribution in [0.25, 0.3) is 33.3 Å². The molecule has 0 saturated heterocycles. The number of hydrogen-bond acceptors (Lipinski definition) is 7. The number of ether oxygens (including phenoxy) is 2. The quantitative estimate of drug-likeness (QED) is 0.233. The SMILES string of the molecule is COC(=O)c1ccc2c(Cl)c(-c3n[nH]c4ncnc(N)c34)n(COCC[Si](C)(C)C)c2c1. The first-order valence-corrected chi connectivity index (χ1v) is 14.2. The molecule has 0 aliphatic rings. The number of aromatic amines is 1. The lowest BCUT2D eigenvalue weighted by Crippen LogP contribution is -2.22. The number of carbonyl (C=O) groups is 1. The number of esters is 1. The van der Waals surface area contributed by atoms with Gasteiger partial charge in [0.05, 0.1) is 34.3 Å². The van der Waals surface area contributed by atoms with E-state index in [0.717, 1.165) is 16.9 Å². The maximum absolute atomic E-state index is 12.1. The number of aromatic nitrogens is 5. The first-order valence-electron chi connectivity index (χ1n) is 10.1. The Hall–Kier alpha value is -2.95. The Kier molecular flexibility index (Phi) is 5.93. The molecule has 32 heavy (non-hydrogen) atoms. The largest absolute Gasteiger partial charge is 0.465 e. The Labute approximate surface area is 190 Å². The summed E-state index contributed by atoms with van der Waals surface area (Å²) in [5.74, 6) is -0.138. The van der Waals surface area contributed by atoms with Gasteiger partial charge in [-0.2, -0.15) is 5.10 Å². The molecule has 0 unspecified atom stereocenters. The smallest absolute Gasteiger partial charge is 0.337 e. The van der Waals surface area contributed by atoms with Gasteiger partial charge in [-0.3, -0.25) is 5.10 Å². The Balaban J connectivity index is 1.88. The van der Waals surface area contributed by atoms with Crippen molar-refractivity contribution in [2.24, 2.45) is 0 Å². The standard InChI is InChI=1S/C21H25ClN6O3Si/c1-30-21(29)12-5-6-13-14(9-12)28(11-31-7-8-32(2,3)4)18(16(13)22)17-15-19(23)24-10-25-20(15)27-26-17/h5-6,9-10H,7-8,11H2,1-4H3,(H3,23,24,25,26,27). The summed E-state index contributed by atoms with van der Waals surface area (Å²) < 4.78 is 12.8. The number of H-pyrrole nitrogens is 1. The molecule has 3 N–H and O–H groups in total. The molecule has 3 aromatic heterocycles. The fraction of sp³-hybridized carbons (Fsp3) is 0.333. The zero-order valence-corrected chi connectivity index (χ0v) is 20.2. The number of carbonyl (C=O) groups excluding carboxylic acids is 1. The van der Waals surface area contributed by atoms with Crippen molar-refractivity contribution < 1.29 is 14.3 Å². The van der Waals surface area contributed by atoms with Gasteiger partial charge in [0, 0.05) is 20.1 Å². The first kappa shape index (κ1) is 22.2. The summed E-state index contributed by atoms with van der Waals surface area (Å²) in [6.07, 6.45) is 1.37. The van der Waals surface area contributed by atoms with E-state index in [4.69, 9.17) is 26.8 Å². The molecule has 11 heteroatoms. The van der Waals surface area contributed by atoms with Crippen LogP contribution in [0.2, 0.25) is 30.7 Å². The predicted molar refractivity (Wildman–Crippen MR) is 127 cm³/mol. The number of nitrogens with zero attached hydrogens (tertiary/aromatic N) is 4. The molecule has 0 atom stereocenters. The molecule has 0 fully saturated rings. The number of nitrogens with one attached hydrogen (secondary N) is 1. The van der Waals surface area contributed by atoms with Crippen LogP contribution in [0.4, 0.5) is 5.82 Å². The van der Waals surface area contributed by atoms with E-state index in [1.54, 1.807) is 18.2 Å². The highest BCUT2D eigenvalue weighted by Gasteiger charge is 2.24. The summed E-state index contributed by atoms with van der Waals surface area (Å²) in [5.41, 5.74) is 8.92. The molecule has 3 heterocycles. The van der Waals surface area contributed by atoms with Gasteiger partial charge >= 0.3 is 5.97 Å². The Morgan fingerprint density at radius 2 is 2.06 bits per heavy atom. The van der Waals surface area contributed by atoms with E-state index in [-0.39, 0.29) is 6.73 Å². The molecule has 0 saturated carbocycles. The van der Waals surface area contributed by atoms with Gasteiger partial charge in [-0.25, -0.2) is 14.8 Å². The second-order valence-electron chi connectivity index (χ2n) is 8.72. The van der Waals surface area contributed by atoms with Gasteiger partial charge in [-0.05, 0) is 18.2 Å². The number of benzene rings is 1. The van der Waals surface area contributed by atoms with Crippen LogP contribution in [-0.4, -0.2) is 52.5 Å². The van der Waals surface area contributed by atoms with Gasteiger partial charge in [0.25, 0.3) is 0 Å². The van der Waals surface area contributed by atoms with E-state index < -0.39 is 14.0 Å². The van der Waals surface area contributed by atoms with E-state index in [9.17, 15) is 4.79 Å². The number of fused-ring (bicyclic) bond motifs is 2. The van der Waals surface area contributed by atoms with Crippen molar-refractivity contribution in [3.8, 4) is 11.4 Å². The summed E-state index contributed by atoms with van der Waals surface area (Å²) >= 11 is 6.84. The van der Waals surface area contributed by atoms with Crippen molar-refractivity contribution in [3.05, 3.63) is 35.1 Å². The molecule has 168 valence electrons. The van der Waals surface area contributed by atoms with Crippen molar-refractivity contribution in [2.45, 2.75) is 32.4 Å². The maximum Gasteiger partial charge on any atom is 0.337 e. The molecule has 0 aliphatic carbocycles. The van der Waals surface area contributed by atoms with Crippen LogP contribution in [0, 0.1) is 0 Å². The van der Waals surface area contributed by atoms with Crippen molar-refractivity contribution in [3.63, 3.8) is 0 Å². The molecule has 0 aliphatic heterocycles. The lowest BCUT2D eigenvalue weighted by atomic mass is 10.1. The van der Waals surface area contributed by atoms with Crippen LogP contribution in [-0.2, 0) is 16.2 Å². The van der Waals surface area contributed by atoms with Gasteiger partial charge in [-0.1, -0.05) is 37.3 Å². The maximum atomic E-state index is 12.1. The number of hydrogen-bond donors (Lipinski definition) is 2. The summed E-state index contributed by atoms with van der Waals surface area (Å²) in [4.78, 5) is 20.4. The van der Waals surface area contributed by atoms with Crippen LogP contribution in [0.1, 0.15) is 10.4 Å². The molecule has 4 aromatic rings. The fourth-order valence-electron chi connectivity index (χ4n) is 3.51. The minimum atomic E-state index is -1.26. The minimum absolute atomic E-state index is 0.232. The average molecular weight is 473 g/mol. The van der Waals surface area contributed by atoms with Gasteiger partial charge in [0.1, 0.15) is 24.6 Å². The lowest BCUT2D eigenvalue weighted by Gasteiger charge is -2.17. The minimum Gasteiger partial charge on any atom is -0.465 e. The Bertz CT molecular complexity index is 1310. The Morgan fingerprint density at radius 1 is 1.28 bits per heavy atom. The molecule has 0 amide bonds. The topological polar surface area (TPSA) is 121 Å². The number of anilines is 1. The van der Waals surface area contributed by atoms with Crippen molar-refractivity contribution in [1.29, 1.82) is 0 Å². The normalized spacial score (nSPS) is 12.0. The third-order valence-electron chi connectivity index (χ3n) is 5.25. The van der Waals surface area contributed by atoms with Crippen molar-refractivity contribution in [2.75, 3.05) is 19.5 Å². The molecule has 0 bridgehead atoms. The third kappa shape index (κ3) is 4.08. The summed E-state index contributed by atoms with van der Waals surface area (Å²) in [6.45, 7) is 7.74. The van der Waals surface area contributed by atoms with Gasteiger partial charge in [0.15, 0.2) is 5.65 Å². The summed E-state index contributed by atoms with van der Waals surface area (Å²) in [7, 11) is 0.0943. The van der Waals surface area contributed by atoms with E-state index in [0.29, 0.717) is 45.4 Å². The molecule has 0 radical (unpaired) electrons. The van der Waals surface area contributed by atoms with Gasteiger partial charge in [0.2, 0.25) is 0 Å². The zero-order valence-electron chi connectivity index (χ0n) is 18.4. The van der Waals surface area contributed by atoms with E-state index >= 15 is 0 Å². The number of nitrogen functional groups attached to an aromatic ring is 1.